The molecule has 0 bridgehead atoms. The van der Waals surface area contributed by atoms with Crippen LogP contribution in [0.3, 0.4) is 0 Å². The van der Waals surface area contributed by atoms with Crippen LogP contribution in [-0.4, -0.2) is 43.9 Å². The van der Waals surface area contributed by atoms with Crippen LogP contribution >= 0.6 is 0 Å². The van der Waals surface area contributed by atoms with Gasteiger partial charge in [0.1, 0.15) is 6.10 Å². The number of carbonyl (C=O) groups excluding carboxylic acids is 1. The molecule has 0 aromatic rings. The number of hydrogen-bond donors (Lipinski definition) is 0. The van der Waals surface area contributed by atoms with Gasteiger partial charge >= 0.3 is 0 Å². The minimum Gasteiger partial charge on any atom is -0.378 e. The first-order valence-corrected chi connectivity index (χ1v) is 9.07. The number of ketones is 1. The second-order valence-corrected chi connectivity index (χ2v) is 7.19. The van der Waals surface area contributed by atoms with Gasteiger partial charge in [0, 0.05) is 18.9 Å². The third-order valence-corrected chi connectivity index (χ3v) is 4.78. The normalized spacial score (nSPS) is 32.7. The van der Waals surface area contributed by atoms with Crippen LogP contribution in [0.4, 0.5) is 0 Å². The zero-order chi connectivity index (χ0) is 16.8. The van der Waals surface area contributed by atoms with E-state index in [9.17, 15) is 4.79 Å². The van der Waals surface area contributed by atoms with Crippen molar-refractivity contribution in [3.63, 3.8) is 0 Å². The van der Waals surface area contributed by atoms with Crippen molar-refractivity contribution in [3.8, 4) is 0 Å². The first-order valence-electron chi connectivity index (χ1n) is 9.07. The minimum atomic E-state index is -0.154. The van der Waals surface area contributed by atoms with Gasteiger partial charge in [0.2, 0.25) is 0 Å². The van der Waals surface area contributed by atoms with Crippen molar-refractivity contribution in [1.82, 2.24) is 0 Å². The summed E-state index contributed by atoms with van der Waals surface area (Å²) in [6, 6.07) is 0. The second-order valence-electron chi connectivity index (χ2n) is 7.19. The molecular formula is C19H32O4. The molecule has 1 heterocycles. The van der Waals surface area contributed by atoms with E-state index in [1.807, 2.05) is 13.8 Å². The standard InChI is InChI=1S/C19H32O4/c1-5-22-14(4)11-21-12-15-6-7-16(13(2)3)8-9-17(20)19-18(10-15)23-19/h6-7,13-16,18-19H,5,8-12H2,1-4H3. The number of allylic oxidation sites excluding steroid dienone is 1. The van der Waals surface area contributed by atoms with Gasteiger partial charge in [0.15, 0.2) is 5.78 Å². The molecule has 4 heteroatoms. The van der Waals surface area contributed by atoms with E-state index in [4.69, 9.17) is 14.2 Å². The minimum absolute atomic E-state index is 0.0978. The average Bonchev–Trinajstić information content (AvgIpc) is 3.25. The summed E-state index contributed by atoms with van der Waals surface area (Å²) in [5.41, 5.74) is 0. The lowest BCUT2D eigenvalue weighted by Gasteiger charge is -2.20. The molecule has 0 amide bonds. The molecule has 132 valence electrons. The molecule has 1 aliphatic heterocycles. The molecule has 1 fully saturated rings. The molecule has 4 nitrogen and oxygen atoms in total. The highest BCUT2D eigenvalue weighted by molar-refractivity contribution is 5.85. The summed E-state index contributed by atoms with van der Waals surface area (Å²) in [6.45, 7) is 10.4. The molecule has 5 unspecified atom stereocenters. The Morgan fingerprint density at radius 3 is 2.78 bits per heavy atom. The van der Waals surface area contributed by atoms with Gasteiger partial charge in [-0.05, 0) is 38.5 Å². The number of ether oxygens (including phenoxy) is 3. The molecular weight excluding hydrogens is 292 g/mol. The highest BCUT2D eigenvalue weighted by Gasteiger charge is 2.45. The zero-order valence-corrected chi connectivity index (χ0v) is 15.0. The Morgan fingerprint density at radius 2 is 2.09 bits per heavy atom. The predicted octanol–water partition coefficient (Wildman–Crippen LogP) is 3.39. The first kappa shape index (κ1) is 18.6. The smallest absolute Gasteiger partial charge is 0.164 e. The van der Waals surface area contributed by atoms with E-state index in [1.54, 1.807) is 0 Å². The van der Waals surface area contributed by atoms with Gasteiger partial charge in [-0.3, -0.25) is 4.79 Å². The summed E-state index contributed by atoms with van der Waals surface area (Å²) in [7, 11) is 0. The Balaban J connectivity index is 1.90. The number of Topliss-reactive ketones (excluding diaryl/α,β-unsaturated/α-hetero) is 1. The van der Waals surface area contributed by atoms with E-state index in [1.165, 1.54) is 0 Å². The van der Waals surface area contributed by atoms with Crippen molar-refractivity contribution < 1.29 is 19.0 Å². The molecule has 0 saturated carbocycles. The van der Waals surface area contributed by atoms with E-state index in [0.717, 1.165) is 12.8 Å². The van der Waals surface area contributed by atoms with Gasteiger partial charge in [0.05, 0.1) is 25.4 Å². The largest absolute Gasteiger partial charge is 0.378 e. The second kappa shape index (κ2) is 8.95. The Labute approximate surface area is 140 Å². The Bertz CT molecular complexity index is 404. The van der Waals surface area contributed by atoms with Gasteiger partial charge in [-0.2, -0.15) is 0 Å². The number of rotatable bonds is 7. The highest BCUT2D eigenvalue weighted by atomic mass is 16.6. The quantitative estimate of drug-likeness (QED) is 0.532. The molecule has 0 N–H and O–H groups in total. The topological polar surface area (TPSA) is 48.1 Å². The van der Waals surface area contributed by atoms with Crippen molar-refractivity contribution >= 4 is 5.78 Å². The fourth-order valence-corrected chi connectivity index (χ4v) is 3.23. The lowest BCUT2D eigenvalue weighted by Crippen LogP contribution is -2.21. The summed E-state index contributed by atoms with van der Waals surface area (Å²) in [4.78, 5) is 12.1. The third-order valence-electron chi connectivity index (χ3n) is 4.78. The summed E-state index contributed by atoms with van der Waals surface area (Å²) >= 11 is 0. The van der Waals surface area contributed by atoms with Gasteiger partial charge in [0.25, 0.3) is 0 Å². The van der Waals surface area contributed by atoms with Gasteiger partial charge < -0.3 is 14.2 Å². The van der Waals surface area contributed by atoms with E-state index >= 15 is 0 Å². The van der Waals surface area contributed by atoms with Crippen LogP contribution in [0, 0.1) is 17.8 Å². The Hall–Kier alpha value is -0.710. The van der Waals surface area contributed by atoms with Gasteiger partial charge in [-0.15, -0.1) is 0 Å². The maximum absolute atomic E-state index is 12.1. The van der Waals surface area contributed by atoms with Crippen LogP contribution in [0.25, 0.3) is 0 Å². The molecule has 2 rings (SSSR count). The summed E-state index contributed by atoms with van der Waals surface area (Å²) in [5.74, 6) is 1.60. The summed E-state index contributed by atoms with van der Waals surface area (Å²) in [5, 5.41) is 0. The maximum atomic E-state index is 12.1. The molecule has 2 aliphatic rings. The van der Waals surface area contributed by atoms with Crippen LogP contribution in [0.1, 0.15) is 47.0 Å². The number of hydrogen-bond acceptors (Lipinski definition) is 4. The van der Waals surface area contributed by atoms with Crippen LogP contribution in [0.2, 0.25) is 0 Å². The Kier molecular flexibility index (Phi) is 7.25. The van der Waals surface area contributed by atoms with Crippen molar-refractivity contribution in [2.75, 3.05) is 19.8 Å². The molecule has 0 radical (unpaired) electrons. The molecule has 5 atom stereocenters. The molecule has 23 heavy (non-hydrogen) atoms. The van der Waals surface area contributed by atoms with Gasteiger partial charge in [-0.1, -0.05) is 26.0 Å². The molecule has 0 spiro atoms. The van der Waals surface area contributed by atoms with Crippen molar-refractivity contribution in [3.05, 3.63) is 12.2 Å². The first-order chi connectivity index (χ1) is 11.0. The van der Waals surface area contributed by atoms with Crippen molar-refractivity contribution in [1.29, 1.82) is 0 Å². The monoisotopic (exact) mass is 324 g/mol. The lowest BCUT2D eigenvalue weighted by molar-refractivity contribution is -0.120. The van der Waals surface area contributed by atoms with E-state index < -0.39 is 0 Å². The number of epoxide rings is 1. The highest BCUT2D eigenvalue weighted by Crippen LogP contribution is 2.34. The zero-order valence-electron chi connectivity index (χ0n) is 15.0. The average molecular weight is 324 g/mol. The molecule has 0 aromatic carbocycles. The van der Waals surface area contributed by atoms with Crippen LogP contribution < -0.4 is 0 Å². The molecule has 1 aliphatic carbocycles. The molecule has 0 aromatic heterocycles. The van der Waals surface area contributed by atoms with Crippen LogP contribution in [-0.2, 0) is 19.0 Å². The fourth-order valence-electron chi connectivity index (χ4n) is 3.23. The number of carbonyl (C=O) groups is 1. The molecule has 1 saturated heterocycles. The van der Waals surface area contributed by atoms with Gasteiger partial charge in [-0.25, -0.2) is 0 Å². The van der Waals surface area contributed by atoms with E-state index in [2.05, 4.69) is 26.0 Å². The lowest BCUT2D eigenvalue weighted by atomic mass is 9.86. The van der Waals surface area contributed by atoms with E-state index in [-0.39, 0.29) is 24.1 Å². The third kappa shape index (κ3) is 6.02. The Morgan fingerprint density at radius 1 is 1.30 bits per heavy atom. The summed E-state index contributed by atoms with van der Waals surface area (Å²) < 4.78 is 16.9. The summed E-state index contributed by atoms with van der Waals surface area (Å²) in [6.07, 6.45) is 7.08. The maximum Gasteiger partial charge on any atom is 0.164 e. The van der Waals surface area contributed by atoms with E-state index in [0.29, 0.717) is 44.0 Å². The fraction of sp³-hybridized carbons (Fsp3) is 0.842. The predicted molar refractivity (Wildman–Crippen MR) is 90.4 cm³/mol. The van der Waals surface area contributed by atoms with Crippen molar-refractivity contribution in [2.45, 2.75) is 65.3 Å². The number of fused-ring (bicyclic) bond motifs is 1. The van der Waals surface area contributed by atoms with Crippen LogP contribution in [0.15, 0.2) is 12.2 Å². The van der Waals surface area contributed by atoms with Crippen LogP contribution in [0.5, 0.6) is 0 Å². The van der Waals surface area contributed by atoms with Crippen molar-refractivity contribution in [2.24, 2.45) is 17.8 Å². The SMILES string of the molecule is CCOC(C)COCC1C=CC(C(C)C)CCC(=O)C2OC2C1.